The van der Waals surface area contributed by atoms with Crippen molar-refractivity contribution in [3.63, 3.8) is 0 Å². The quantitative estimate of drug-likeness (QED) is 0.416. The Labute approximate surface area is 54.2 Å². The second kappa shape index (κ2) is 1.94. The van der Waals surface area contributed by atoms with Gasteiger partial charge in [-0.2, -0.15) is 0 Å². The van der Waals surface area contributed by atoms with Gasteiger partial charge in [-0.3, -0.25) is 4.79 Å². The minimum Gasteiger partial charge on any atom is -0.303 e. The highest BCUT2D eigenvalue weighted by atomic mass is 16.1. The zero-order valence-electron chi connectivity index (χ0n) is 5.52. The summed E-state index contributed by atoms with van der Waals surface area (Å²) < 4.78 is 0. The highest BCUT2D eigenvalue weighted by Gasteiger charge is 2.43. The molecule has 1 rings (SSSR count). The highest BCUT2D eigenvalue weighted by molar-refractivity contribution is 5.95. The SMILES string of the molecule is CC1(C(=O)CC=O)CC1. The molecule has 0 aromatic carbocycles. The number of carbonyl (C=O) groups excluding carboxylic acids is 2. The minimum absolute atomic E-state index is 0.108. The van der Waals surface area contributed by atoms with Crippen LogP contribution in [0.1, 0.15) is 26.2 Å². The highest BCUT2D eigenvalue weighted by Crippen LogP contribution is 2.46. The van der Waals surface area contributed by atoms with E-state index in [0.717, 1.165) is 12.8 Å². The molecule has 1 aliphatic carbocycles. The Morgan fingerprint density at radius 3 is 2.56 bits per heavy atom. The van der Waals surface area contributed by atoms with Crippen LogP contribution >= 0.6 is 0 Å². The summed E-state index contributed by atoms with van der Waals surface area (Å²) in [5.41, 5.74) is -0.110. The average molecular weight is 126 g/mol. The third kappa shape index (κ3) is 1.18. The summed E-state index contributed by atoms with van der Waals surface area (Å²) in [6, 6.07) is 0. The zero-order valence-corrected chi connectivity index (χ0v) is 5.52. The number of carbonyl (C=O) groups is 2. The number of aldehydes is 1. The Hall–Kier alpha value is -0.660. The molecule has 0 amide bonds. The molecule has 0 radical (unpaired) electrons. The Morgan fingerprint density at radius 1 is 1.67 bits per heavy atom. The first-order valence-corrected chi connectivity index (χ1v) is 3.16. The lowest BCUT2D eigenvalue weighted by atomic mass is 10.0. The van der Waals surface area contributed by atoms with Crippen LogP contribution in [0.2, 0.25) is 0 Å². The molecular formula is C7H10O2. The smallest absolute Gasteiger partial charge is 0.145 e. The standard InChI is InChI=1S/C7H10O2/c1-7(3-4-7)6(9)2-5-8/h5H,2-4H2,1H3. The molecule has 1 saturated carbocycles. The largest absolute Gasteiger partial charge is 0.303 e. The van der Waals surface area contributed by atoms with Gasteiger partial charge in [0.2, 0.25) is 0 Å². The molecule has 0 saturated heterocycles. The first-order valence-electron chi connectivity index (χ1n) is 3.16. The third-order valence-electron chi connectivity index (χ3n) is 1.94. The van der Waals surface area contributed by atoms with Crippen molar-refractivity contribution in [2.24, 2.45) is 5.41 Å². The summed E-state index contributed by atoms with van der Waals surface area (Å²) >= 11 is 0. The van der Waals surface area contributed by atoms with E-state index in [1.807, 2.05) is 6.92 Å². The minimum atomic E-state index is -0.110. The number of hydrogen-bond acceptors (Lipinski definition) is 2. The molecule has 0 aromatic rings. The molecule has 0 unspecified atom stereocenters. The zero-order chi connectivity index (χ0) is 6.91. The summed E-state index contributed by atoms with van der Waals surface area (Å²) in [6.07, 6.45) is 2.74. The van der Waals surface area contributed by atoms with Crippen LogP contribution in [-0.4, -0.2) is 12.1 Å². The van der Waals surface area contributed by atoms with Crippen molar-refractivity contribution in [2.75, 3.05) is 0 Å². The summed E-state index contributed by atoms with van der Waals surface area (Å²) in [5, 5.41) is 0. The predicted octanol–water partition coefficient (Wildman–Crippen LogP) is 0.945. The van der Waals surface area contributed by atoms with Crippen LogP contribution in [0, 0.1) is 5.41 Å². The normalized spacial score (nSPS) is 21.0. The topological polar surface area (TPSA) is 34.1 Å². The molecular weight excluding hydrogens is 116 g/mol. The maximum absolute atomic E-state index is 10.9. The summed E-state index contributed by atoms with van der Waals surface area (Å²) in [5.74, 6) is 0.109. The molecule has 0 aliphatic heterocycles. The van der Waals surface area contributed by atoms with Crippen LogP contribution in [0.5, 0.6) is 0 Å². The van der Waals surface area contributed by atoms with Crippen LogP contribution in [-0.2, 0) is 9.59 Å². The van der Waals surface area contributed by atoms with E-state index in [0.29, 0.717) is 6.29 Å². The van der Waals surface area contributed by atoms with Crippen molar-refractivity contribution >= 4 is 12.1 Å². The van der Waals surface area contributed by atoms with E-state index in [9.17, 15) is 9.59 Å². The van der Waals surface area contributed by atoms with Gasteiger partial charge >= 0.3 is 0 Å². The van der Waals surface area contributed by atoms with Gasteiger partial charge in [0.1, 0.15) is 12.1 Å². The van der Waals surface area contributed by atoms with Crippen molar-refractivity contribution in [1.29, 1.82) is 0 Å². The Morgan fingerprint density at radius 2 is 2.22 bits per heavy atom. The lowest BCUT2D eigenvalue weighted by Gasteiger charge is -2.00. The van der Waals surface area contributed by atoms with Gasteiger partial charge in [0.15, 0.2) is 0 Å². The van der Waals surface area contributed by atoms with E-state index in [-0.39, 0.29) is 17.6 Å². The van der Waals surface area contributed by atoms with Gasteiger partial charge in [0.25, 0.3) is 0 Å². The van der Waals surface area contributed by atoms with Crippen LogP contribution in [0.15, 0.2) is 0 Å². The van der Waals surface area contributed by atoms with Gasteiger partial charge < -0.3 is 4.79 Å². The van der Waals surface area contributed by atoms with E-state index < -0.39 is 0 Å². The fourth-order valence-electron chi connectivity index (χ4n) is 0.788. The molecule has 9 heavy (non-hydrogen) atoms. The van der Waals surface area contributed by atoms with E-state index in [2.05, 4.69) is 0 Å². The maximum atomic E-state index is 10.9. The fourth-order valence-corrected chi connectivity index (χ4v) is 0.788. The van der Waals surface area contributed by atoms with E-state index in [4.69, 9.17) is 0 Å². The monoisotopic (exact) mass is 126 g/mol. The van der Waals surface area contributed by atoms with Crippen LogP contribution < -0.4 is 0 Å². The van der Waals surface area contributed by atoms with Crippen molar-refractivity contribution in [3.05, 3.63) is 0 Å². The van der Waals surface area contributed by atoms with Gasteiger partial charge in [-0.05, 0) is 12.8 Å². The second-order valence-corrected chi connectivity index (χ2v) is 2.85. The fraction of sp³-hybridized carbons (Fsp3) is 0.714. The number of rotatable bonds is 3. The number of ketones is 1. The molecule has 1 fully saturated rings. The van der Waals surface area contributed by atoms with Gasteiger partial charge in [-0.1, -0.05) is 6.92 Å². The molecule has 50 valence electrons. The first kappa shape index (κ1) is 6.46. The second-order valence-electron chi connectivity index (χ2n) is 2.85. The Balaban J connectivity index is 2.42. The van der Waals surface area contributed by atoms with Gasteiger partial charge in [0, 0.05) is 5.41 Å². The summed E-state index contributed by atoms with van der Waals surface area (Å²) in [6.45, 7) is 1.92. The number of Topliss-reactive ketones (excluding diaryl/α,β-unsaturated/α-hetero) is 1. The van der Waals surface area contributed by atoms with E-state index >= 15 is 0 Å². The molecule has 0 spiro atoms. The third-order valence-corrected chi connectivity index (χ3v) is 1.94. The van der Waals surface area contributed by atoms with Crippen LogP contribution in [0.4, 0.5) is 0 Å². The van der Waals surface area contributed by atoms with E-state index in [1.165, 1.54) is 0 Å². The number of hydrogen-bond donors (Lipinski definition) is 0. The predicted molar refractivity (Wildman–Crippen MR) is 33.0 cm³/mol. The van der Waals surface area contributed by atoms with Gasteiger partial charge in [-0.25, -0.2) is 0 Å². The maximum Gasteiger partial charge on any atom is 0.145 e. The molecule has 2 heteroatoms. The molecule has 0 N–H and O–H groups in total. The first-order chi connectivity index (χ1) is 4.19. The van der Waals surface area contributed by atoms with Crippen molar-refractivity contribution in [1.82, 2.24) is 0 Å². The molecule has 2 nitrogen and oxygen atoms in total. The molecule has 0 atom stereocenters. The summed E-state index contributed by atoms with van der Waals surface area (Å²) in [7, 11) is 0. The lowest BCUT2D eigenvalue weighted by molar-refractivity contribution is -0.126. The van der Waals surface area contributed by atoms with Gasteiger partial charge in [0.05, 0.1) is 6.42 Å². The van der Waals surface area contributed by atoms with Crippen molar-refractivity contribution in [3.8, 4) is 0 Å². The van der Waals surface area contributed by atoms with Gasteiger partial charge in [-0.15, -0.1) is 0 Å². The molecule has 0 heterocycles. The van der Waals surface area contributed by atoms with Crippen molar-refractivity contribution in [2.45, 2.75) is 26.2 Å². The average Bonchev–Trinajstić information content (AvgIpc) is 2.50. The Bertz CT molecular complexity index is 145. The summed E-state index contributed by atoms with van der Waals surface area (Å²) in [4.78, 5) is 20.8. The van der Waals surface area contributed by atoms with E-state index in [1.54, 1.807) is 0 Å². The molecule has 1 aliphatic rings. The molecule has 0 bridgehead atoms. The Kier molecular flexibility index (Phi) is 1.39. The van der Waals surface area contributed by atoms with Crippen LogP contribution in [0.3, 0.4) is 0 Å². The lowest BCUT2D eigenvalue weighted by Crippen LogP contribution is -2.11. The van der Waals surface area contributed by atoms with Crippen molar-refractivity contribution < 1.29 is 9.59 Å². The van der Waals surface area contributed by atoms with Crippen LogP contribution in [0.25, 0.3) is 0 Å². The molecule has 0 aromatic heterocycles.